The number of nitrogens with one attached hydrogen (secondary N) is 1. The summed E-state index contributed by atoms with van der Waals surface area (Å²) >= 11 is 0. The first-order valence-corrected chi connectivity index (χ1v) is 9.31. The molecule has 0 aliphatic rings. The van der Waals surface area contributed by atoms with Gasteiger partial charge in [0.25, 0.3) is 0 Å². The Morgan fingerprint density at radius 3 is 2.43 bits per heavy atom. The number of benzene rings is 2. The molecule has 6 heteroatoms. The van der Waals surface area contributed by atoms with Gasteiger partial charge < -0.3 is 9.88 Å². The summed E-state index contributed by atoms with van der Waals surface area (Å²) in [6.07, 6.45) is 1.71. The Morgan fingerprint density at radius 1 is 0.964 bits per heavy atom. The van der Waals surface area contributed by atoms with Gasteiger partial charge in [-0.15, -0.1) is 0 Å². The predicted molar refractivity (Wildman–Crippen MR) is 112 cm³/mol. The van der Waals surface area contributed by atoms with Crippen LogP contribution in [-0.4, -0.2) is 19.5 Å². The number of imidazole rings is 1. The number of para-hydroxylation sites is 1. The fraction of sp³-hybridized carbons (Fsp3) is 0.227. The summed E-state index contributed by atoms with van der Waals surface area (Å²) in [5, 5.41) is 3.37. The van der Waals surface area contributed by atoms with Crippen LogP contribution in [0.15, 0.2) is 48.8 Å². The SMILES string of the molecule is CC.Cc1ccccc1Nc1nc(-c2ccc(F)cc2C)nc2c1ncn2C. The summed E-state index contributed by atoms with van der Waals surface area (Å²) in [6, 6.07) is 12.6. The van der Waals surface area contributed by atoms with Crippen molar-refractivity contribution >= 4 is 22.7 Å². The average Bonchev–Trinajstić information content (AvgIpc) is 3.06. The monoisotopic (exact) mass is 377 g/mol. The lowest BCUT2D eigenvalue weighted by molar-refractivity contribution is 0.627. The Morgan fingerprint density at radius 2 is 1.71 bits per heavy atom. The van der Waals surface area contributed by atoms with Crippen LogP contribution in [0, 0.1) is 19.7 Å². The molecule has 2 heterocycles. The smallest absolute Gasteiger partial charge is 0.165 e. The summed E-state index contributed by atoms with van der Waals surface area (Å²) in [7, 11) is 1.89. The lowest BCUT2D eigenvalue weighted by Crippen LogP contribution is -2.02. The number of fused-ring (bicyclic) bond motifs is 1. The van der Waals surface area contributed by atoms with E-state index >= 15 is 0 Å². The zero-order chi connectivity index (χ0) is 20.3. The molecule has 0 amide bonds. The molecular formula is C22H24FN5. The van der Waals surface area contributed by atoms with Crippen LogP contribution in [0.1, 0.15) is 25.0 Å². The van der Waals surface area contributed by atoms with Gasteiger partial charge in [0.2, 0.25) is 0 Å². The topological polar surface area (TPSA) is 55.6 Å². The van der Waals surface area contributed by atoms with Gasteiger partial charge in [-0.1, -0.05) is 32.0 Å². The minimum atomic E-state index is -0.272. The van der Waals surface area contributed by atoms with Crippen molar-refractivity contribution in [3.63, 3.8) is 0 Å². The van der Waals surface area contributed by atoms with Gasteiger partial charge in [0.05, 0.1) is 6.33 Å². The van der Waals surface area contributed by atoms with Crippen LogP contribution < -0.4 is 5.32 Å². The number of hydrogen-bond acceptors (Lipinski definition) is 4. The van der Waals surface area contributed by atoms with E-state index in [0.717, 1.165) is 28.0 Å². The molecule has 0 saturated heterocycles. The molecule has 0 bridgehead atoms. The second-order valence-corrected chi connectivity index (χ2v) is 6.32. The van der Waals surface area contributed by atoms with Gasteiger partial charge in [0.15, 0.2) is 22.8 Å². The van der Waals surface area contributed by atoms with Crippen LogP contribution >= 0.6 is 0 Å². The van der Waals surface area contributed by atoms with Gasteiger partial charge in [-0.05, 0) is 49.2 Å². The summed E-state index contributed by atoms with van der Waals surface area (Å²) in [5.41, 5.74) is 5.06. The third kappa shape index (κ3) is 3.71. The van der Waals surface area contributed by atoms with E-state index in [2.05, 4.69) is 15.3 Å². The molecule has 0 aliphatic heterocycles. The van der Waals surface area contributed by atoms with Crippen LogP contribution in [0.3, 0.4) is 0 Å². The summed E-state index contributed by atoms with van der Waals surface area (Å²) in [5.74, 6) is 0.893. The van der Waals surface area contributed by atoms with Crippen LogP contribution in [-0.2, 0) is 7.05 Å². The third-order valence-electron chi connectivity index (χ3n) is 4.39. The molecule has 0 unspecified atom stereocenters. The number of aromatic nitrogens is 4. The standard InChI is InChI=1S/C20H18FN5.C2H6/c1-12-6-4-5-7-16(12)23-19-17-20(26(3)11-22-17)25-18(24-19)15-9-8-14(21)10-13(15)2;1-2/h4-11H,1-3H3,(H,23,24,25);1-2H3. The van der Waals surface area contributed by atoms with Crippen molar-refractivity contribution < 1.29 is 4.39 Å². The summed E-state index contributed by atoms with van der Waals surface area (Å²) in [6.45, 7) is 7.88. The number of aryl methyl sites for hydroxylation is 3. The molecule has 144 valence electrons. The zero-order valence-corrected chi connectivity index (χ0v) is 16.8. The van der Waals surface area contributed by atoms with E-state index < -0.39 is 0 Å². The van der Waals surface area contributed by atoms with E-state index in [4.69, 9.17) is 4.98 Å². The quantitative estimate of drug-likeness (QED) is 0.508. The maximum atomic E-state index is 13.5. The van der Waals surface area contributed by atoms with E-state index in [1.165, 1.54) is 12.1 Å². The van der Waals surface area contributed by atoms with E-state index in [1.807, 2.05) is 63.6 Å². The van der Waals surface area contributed by atoms with Gasteiger partial charge in [0.1, 0.15) is 5.82 Å². The van der Waals surface area contributed by atoms with Crippen LogP contribution in [0.25, 0.3) is 22.6 Å². The van der Waals surface area contributed by atoms with Gasteiger partial charge >= 0.3 is 0 Å². The van der Waals surface area contributed by atoms with Crippen LogP contribution in [0.5, 0.6) is 0 Å². The maximum Gasteiger partial charge on any atom is 0.165 e. The van der Waals surface area contributed by atoms with Crippen molar-refractivity contribution in [1.29, 1.82) is 0 Å². The first kappa shape index (κ1) is 19.5. The molecule has 1 N–H and O–H groups in total. The first-order valence-electron chi connectivity index (χ1n) is 9.31. The molecular weight excluding hydrogens is 353 g/mol. The Kier molecular flexibility index (Phi) is 5.68. The average molecular weight is 377 g/mol. The van der Waals surface area contributed by atoms with E-state index in [9.17, 15) is 4.39 Å². The third-order valence-corrected chi connectivity index (χ3v) is 4.39. The molecule has 0 saturated carbocycles. The predicted octanol–water partition coefficient (Wildman–Crippen LogP) is 5.56. The number of halogens is 1. The highest BCUT2D eigenvalue weighted by atomic mass is 19.1. The highest BCUT2D eigenvalue weighted by molar-refractivity contribution is 5.87. The molecule has 0 radical (unpaired) electrons. The van der Waals surface area contributed by atoms with Crippen LogP contribution in [0.2, 0.25) is 0 Å². The molecule has 2 aromatic carbocycles. The summed E-state index contributed by atoms with van der Waals surface area (Å²) in [4.78, 5) is 13.8. The van der Waals surface area contributed by atoms with Crippen molar-refractivity contribution in [3.8, 4) is 11.4 Å². The molecule has 2 aromatic heterocycles. The van der Waals surface area contributed by atoms with Gasteiger partial charge in [-0.3, -0.25) is 0 Å². The second-order valence-electron chi connectivity index (χ2n) is 6.32. The Bertz CT molecular complexity index is 1120. The highest BCUT2D eigenvalue weighted by Crippen LogP contribution is 2.28. The van der Waals surface area contributed by atoms with E-state index in [-0.39, 0.29) is 5.82 Å². The van der Waals surface area contributed by atoms with Crippen LogP contribution in [0.4, 0.5) is 15.9 Å². The first-order chi connectivity index (χ1) is 13.5. The lowest BCUT2D eigenvalue weighted by atomic mass is 10.1. The molecule has 0 spiro atoms. The van der Waals surface area contributed by atoms with Gasteiger partial charge in [-0.2, -0.15) is 0 Å². The van der Waals surface area contributed by atoms with Gasteiger partial charge in [-0.25, -0.2) is 19.3 Å². The van der Waals surface area contributed by atoms with Crippen molar-refractivity contribution in [3.05, 3.63) is 65.7 Å². The molecule has 4 aromatic rings. The molecule has 0 atom stereocenters. The van der Waals surface area contributed by atoms with Crippen molar-refractivity contribution in [2.24, 2.45) is 7.05 Å². The highest BCUT2D eigenvalue weighted by Gasteiger charge is 2.15. The maximum absolute atomic E-state index is 13.5. The molecule has 0 fully saturated rings. The second kappa shape index (κ2) is 8.17. The van der Waals surface area contributed by atoms with Crippen molar-refractivity contribution in [2.45, 2.75) is 27.7 Å². The summed E-state index contributed by atoms with van der Waals surface area (Å²) < 4.78 is 15.3. The zero-order valence-electron chi connectivity index (χ0n) is 16.8. The van der Waals surface area contributed by atoms with Crippen molar-refractivity contribution in [1.82, 2.24) is 19.5 Å². The minimum absolute atomic E-state index is 0.272. The molecule has 5 nitrogen and oxygen atoms in total. The van der Waals surface area contributed by atoms with Crippen molar-refractivity contribution in [2.75, 3.05) is 5.32 Å². The number of nitrogens with zero attached hydrogens (tertiary/aromatic N) is 4. The normalized spacial score (nSPS) is 10.5. The Labute approximate surface area is 164 Å². The van der Waals surface area contributed by atoms with Gasteiger partial charge in [0, 0.05) is 18.3 Å². The Balaban J connectivity index is 0.00000109. The lowest BCUT2D eigenvalue weighted by Gasteiger charge is -2.12. The molecule has 4 rings (SSSR count). The number of anilines is 2. The minimum Gasteiger partial charge on any atom is -0.338 e. The number of hydrogen-bond donors (Lipinski definition) is 1. The molecule has 0 aliphatic carbocycles. The van der Waals surface area contributed by atoms with E-state index in [0.29, 0.717) is 17.2 Å². The Hall–Kier alpha value is -3.28. The fourth-order valence-corrected chi connectivity index (χ4v) is 2.93. The van der Waals surface area contributed by atoms with E-state index in [1.54, 1.807) is 12.4 Å². The largest absolute Gasteiger partial charge is 0.338 e. The number of rotatable bonds is 3. The molecule has 28 heavy (non-hydrogen) atoms. The fourth-order valence-electron chi connectivity index (χ4n) is 2.93.